The Kier molecular flexibility index (Phi) is 6.27. The van der Waals surface area contributed by atoms with Crippen LogP contribution < -0.4 is 4.72 Å². The average molecular weight is 263 g/mol. The summed E-state index contributed by atoms with van der Waals surface area (Å²) in [6.07, 6.45) is -6.71. The third-order valence-corrected chi connectivity index (χ3v) is 3.35. The topological polar surface area (TPSA) is 66.4 Å². The molecule has 8 heteroatoms. The molecule has 1 unspecified atom stereocenters. The Morgan fingerprint density at radius 3 is 2.38 bits per heavy atom. The van der Waals surface area contributed by atoms with Gasteiger partial charge in [-0.2, -0.15) is 13.2 Å². The lowest BCUT2D eigenvalue weighted by Gasteiger charge is -2.14. The van der Waals surface area contributed by atoms with Crippen molar-refractivity contribution in [1.82, 2.24) is 4.72 Å². The summed E-state index contributed by atoms with van der Waals surface area (Å²) in [5.74, 6) is -0.106. The summed E-state index contributed by atoms with van der Waals surface area (Å²) in [6.45, 7) is 1.40. The third-order valence-electron chi connectivity index (χ3n) is 1.88. The third kappa shape index (κ3) is 7.02. The molecule has 0 aliphatic carbocycles. The molecule has 0 spiro atoms. The molecular weight excluding hydrogens is 247 g/mol. The number of aliphatic hydroxyl groups excluding tert-OH is 1. The number of aliphatic hydroxyl groups is 1. The number of unbranched alkanes of at least 4 members (excludes halogenated alkanes) is 1. The van der Waals surface area contributed by atoms with Gasteiger partial charge in [0.05, 0.1) is 5.75 Å². The number of hydrogen-bond donors (Lipinski definition) is 2. The largest absolute Gasteiger partial charge is 0.414 e. The second-order valence-electron chi connectivity index (χ2n) is 3.41. The van der Waals surface area contributed by atoms with Crippen molar-refractivity contribution < 1.29 is 26.7 Å². The number of sulfonamides is 1. The van der Waals surface area contributed by atoms with E-state index in [9.17, 15) is 21.6 Å². The second-order valence-corrected chi connectivity index (χ2v) is 5.34. The van der Waals surface area contributed by atoms with E-state index in [2.05, 4.69) is 0 Å². The molecule has 0 fully saturated rings. The fourth-order valence-corrected chi connectivity index (χ4v) is 2.16. The van der Waals surface area contributed by atoms with Crippen LogP contribution >= 0.6 is 0 Å². The van der Waals surface area contributed by atoms with Crippen molar-refractivity contribution in [2.75, 3.05) is 12.3 Å². The molecule has 0 rings (SSSR count). The number of rotatable bonds is 7. The summed E-state index contributed by atoms with van der Waals surface area (Å²) in [5, 5.41) is 8.60. The van der Waals surface area contributed by atoms with Crippen LogP contribution in [-0.4, -0.2) is 38.1 Å². The van der Waals surface area contributed by atoms with Crippen LogP contribution in [0.5, 0.6) is 0 Å². The smallest absolute Gasteiger partial charge is 0.384 e. The maximum atomic E-state index is 11.8. The molecule has 0 aliphatic rings. The van der Waals surface area contributed by atoms with E-state index < -0.39 is 35.3 Å². The highest BCUT2D eigenvalue weighted by atomic mass is 32.2. The highest BCUT2D eigenvalue weighted by Gasteiger charge is 2.37. The first kappa shape index (κ1) is 15.7. The van der Waals surface area contributed by atoms with E-state index in [1.54, 1.807) is 0 Å². The number of halogens is 3. The first-order valence-electron chi connectivity index (χ1n) is 4.91. The Morgan fingerprint density at radius 2 is 1.94 bits per heavy atom. The van der Waals surface area contributed by atoms with Crippen LogP contribution in [-0.2, 0) is 10.0 Å². The fourth-order valence-electron chi connectivity index (χ4n) is 0.921. The van der Waals surface area contributed by atoms with E-state index in [4.69, 9.17) is 5.11 Å². The van der Waals surface area contributed by atoms with E-state index >= 15 is 0 Å². The molecule has 0 radical (unpaired) electrons. The average Bonchev–Trinajstić information content (AvgIpc) is 2.13. The zero-order valence-corrected chi connectivity index (χ0v) is 9.74. The lowest BCUT2D eigenvalue weighted by molar-refractivity contribution is -0.204. The molecule has 2 N–H and O–H groups in total. The van der Waals surface area contributed by atoms with E-state index in [-0.39, 0.29) is 5.75 Å². The standard InChI is InChI=1S/C8H16F3NO3S/c1-2-3-6-16(14,15)12-5-4-7(13)8(9,10)11/h7,12-13H,2-6H2,1H3. The van der Waals surface area contributed by atoms with Crippen molar-refractivity contribution in [3.63, 3.8) is 0 Å². The van der Waals surface area contributed by atoms with Crippen molar-refractivity contribution in [2.24, 2.45) is 0 Å². The summed E-state index contributed by atoms with van der Waals surface area (Å²) in [6, 6.07) is 0. The van der Waals surface area contributed by atoms with Crippen molar-refractivity contribution in [3.05, 3.63) is 0 Å². The number of hydrogen-bond acceptors (Lipinski definition) is 3. The van der Waals surface area contributed by atoms with E-state index in [1.807, 2.05) is 11.6 Å². The minimum atomic E-state index is -4.70. The van der Waals surface area contributed by atoms with Gasteiger partial charge in [0.15, 0.2) is 6.10 Å². The van der Waals surface area contributed by atoms with Gasteiger partial charge in [0.2, 0.25) is 10.0 Å². The summed E-state index contributed by atoms with van der Waals surface area (Å²) >= 11 is 0. The monoisotopic (exact) mass is 263 g/mol. The summed E-state index contributed by atoms with van der Waals surface area (Å²) in [5.41, 5.74) is 0. The minimum absolute atomic E-state index is 0.106. The molecule has 0 aromatic rings. The van der Waals surface area contributed by atoms with Gasteiger partial charge >= 0.3 is 6.18 Å². The van der Waals surface area contributed by atoms with Crippen LogP contribution in [0.3, 0.4) is 0 Å². The predicted molar refractivity (Wildman–Crippen MR) is 53.4 cm³/mol. The van der Waals surface area contributed by atoms with E-state index in [0.29, 0.717) is 12.8 Å². The number of nitrogens with one attached hydrogen (secondary N) is 1. The van der Waals surface area contributed by atoms with Crippen LogP contribution in [0, 0.1) is 0 Å². The van der Waals surface area contributed by atoms with Gasteiger partial charge in [-0.3, -0.25) is 0 Å². The van der Waals surface area contributed by atoms with Crippen LogP contribution in [0.4, 0.5) is 13.2 Å². The number of alkyl halides is 3. The van der Waals surface area contributed by atoms with Gasteiger partial charge in [0.1, 0.15) is 0 Å². The molecule has 0 aromatic heterocycles. The van der Waals surface area contributed by atoms with Crippen molar-refractivity contribution in [2.45, 2.75) is 38.5 Å². The van der Waals surface area contributed by atoms with Gasteiger partial charge in [0.25, 0.3) is 0 Å². The molecule has 0 aliphatic heterocycles. The Bertz CT molecular complexity index is 289. The van der Waals surface area contributed by atoms with Gasteiger partial charge in [-0.05, 0) is 12.8 Å². The van der Waals surface area contributed by atoms with E-state index in [0.717, 1.165) is 0 Å². The van der Waals surface area contributed by atoms with Gasteiger partial charge < -0.3 is 5.11 Å². The molecular formula is C8H16F3NO3S. The van der Waals surface area contributed by atoms with Crippen molar-refractivity contribution >= 4 is 10.0 Å². The minimum Gasteiger partial charge on any atom is -0.384 e. The van der Waals surface area contributed by atoms with E-state index in [1.165, 1.54) is 0 Å². The first-order chi connectivity index (χ1) is 7.19. The molecule has 0 bridgehead atoms. The Morgan fingerprint density at radius 1 is 1.38 bits per heavy atom. The molecule has 0 aromatic carbocycles. The van der Waals surface area contributed by atoms with Gasteiger partial charge in [-0.25, -0.2) is 13.1 Å². The van der Waals surface area contributed by atoms with Crippen LogP contribution in [0.2, 0.25) is 0 Å². The lowest BCUT2D eigenvalue weighted by Crippen LogP contribution is -2.34. The maximum absolute atomic E-state index is 11.8. The normalized spacial score (nSPS) is 15.1. The van der Waals surface area contributed by atoms with Crippen LogP contribution in [0.25, 0.3) is 0 Å². The molecule has 0 saturated heterocycles. The SMILES string of the molecule is CCCCS(=O)(=O)NCCC(O)C(F)(F)F. The predicted octanol–water partition coefficient (Wildman–Crippen LogP) is 1.02. The summed E-state index contributed by atoms with van der Waals surface area (Å²) in [7, 11) is -3.51. The quantitative estimate of drug-likeness (QED) is 0.720. The first-order valence-corrected chi connectivity index (χ1v) is 6.56. The van der Waals surface area contributed by atoms with Crippen LogP contribution in [0.1, 0.15) is 26.2 Å². The fraction of sp³-hybridized carbons (Fsp3) is 1.00. The highest BCUT2D eigenvalue weighted by molar-refractivity contribution is 7.89. The molecule has 0 heterocycles. The summed E-state index contributed by atoms with van der Waals surface area (Å²) in [4.78, 5) is 0. The highest BCUT2D eigenvalue weighted by Crippen LogP contribution is 2.21. The van der Waals surface area contributed by atoms with Gasteiger partial charge in [0, 0.05) is 6.54 Å². The zero-order chi connectivity index (χ0) is 12.8. The molecule has 98 valence electrons. The van der Waals surface area contributed by atoms with Gasteiger partial charge in [-0.15, -0.1) is 0 Å². The second kappa shape index (κ2) is 6.41. The maximum Gasteiger partial charge on any atom is 0.414 e. The molecule has 0 saturated carbocycles. The van der Waals surface area contributed by atoms with Crippen LogP contribution in [0.15, 0.2) is 0 Å². The zero-order valence-electron chi connectivity index (χ0n) is 8.92. The summed E-state index contributed by atoms with van der Waals surface area (Å²) < 4.78 is 59.8. The van der Waals surface area contributed by atoms with Crippen molar-refractivity contribution in [1.29, 1.82) is 0 Å². The van der Waals surface area contributed by atoms with Crippen molar-refractivity contribution in [3.8, 4) is 0 Å². The molecule has 1 atom stereocenters. The molecule has 0 amide bonds. The molecule has 16 heavy (non-hydrogen) atoms. The Hall–Kier alpha value is -0.340. The van der Waals surface area contributed by atoms with Gasteiger partial charge in [-0.1, -0.05) is 13.3 Å². The lowest BCUT2D eigenvalue weighted by atomic mass is 10.2. The molecule has 4 nitrogen and oxygen atoms in total. The Balaban J connectivity index is 3.90. The Labute approximate surface area is 92.9 Å².